The first-order valence-corrected chi connectivity index (χ1v) is 7.92. The van der Waals surface area contributed by atoms with Gasteiger partial charge < -0.3 is 10.5 Å². The predicted octanol–water partition coefficient (Wildman–Crippen LogP) is 3.04. The van der Waals surface area contributed by atoms with Crippen molar-refractivity contribution in [2.45, 2.75) is 11.8 Å². The lowest BCUT2D eigenvalue weighted by Crippen LogP contribution is -2.13. The quantitative estimate of drug-likeness (QED) is 0.846. The number of anilines is 2. The molecule has 2 rings (SSSR count). The summed E-state index contributed by atoms with van der Waals surface area (Å²) in [5, 5.41) is 0.284. The van der Waals surface area contributed by atoms with E-state index in [9.17, 15) is 8.42 Å². The van der Waals surface area contributed by atoms with Crippen LogP contribution in [0.15, 0.2) is 41.3 Å². The van der Waals surface area contributed by atoms with Gasteiger partial charge in [0.05, 0.1) is 22.7 Å². The third kappa shape index (κ3) is 3.40. The molecule has 0 heterocycles. The molecule has 0 amide bonds. The number of nitrogen functional groups attached to an aromatic ring is 1. The van der Waals surface area contributed by atoms with Crippen LogP contribution < -0.4 is 15.2 Å². The Labute approximate surface area is 128 Å². The van der Waals surface area contributed by atoms with Gasteiger partial charge in [0.15, 0.2) is 0 Å². The average molecular weight is 327 g/mol. The normalized spacial score (nSPS) is 11.2. The summed E-state index contributed by atoms with van der Waals surface area (Å²) in [7, 11) is -2.25. The number of methoxy groups -OCH3 is 1. The molecule has 0 radical (unpaired) electrons. The Hall–Kier alpha value is -1.92. The number of nitrogens with two attached hydrogens (primary N) is 1. The molecule has 0 bridgehead atoms. The van der Waals surface area contributed by atoms with E-state index in [4.69, 9.17) is 22.1 Å². The lowest BCUT2D eigenvalue weighted by atomic mass is 10.2. The third-order valence-corrected chi connectivity index (χ3v) is 4.66. The van der Waals surface area contributed by atoms with E-state index in [1.807, 2.05) is 0 Å². The highest BCUT2D eigenvalue weighted by Crippen LogP contribution is 2.29. The van der Waals surface area contributed by atoms with Crippen LogP contribution in [-0.4, -0.2) is 15.5 Å². The van der Waals surface area contributed by atoms with Gasteiger partial charge in [-0.25, -0.2) is 8.42 Å². The van der Waals surface area contributed by atoms with Gasteiger partial charge in [0.2, 0.25) is 0 Å². The summed E-state index contributed by atoms with van der Waals surface area (Å²) in [4.78, 5) is 0.119. The predicted molar refractivity (Wildman–Crippen MR) is 84.4 cm³/mol. The molecule has 0 saturated heterocycles. The van der Waals surface area contributed by atoms with Crippen LogP contribution in [0.4, 0.5) is 11.4 Å². The molecular weight excluding hydrogens is 312 g/mol. The Bertz CT molecular complexity index is 776. The number of halogens is 1. The first-order valence-electron chi connectivity index (χ1n) is 6.06. The number of nitrogens with one attached hydrogen (secondary N) is 1. The Morgan fingerprint density at radius 1 is 1.19 bits per heavy atom. The molecule has 0 saturated carbocycles. The number of hydrogen-bond donors (Lipinski definition) is 2. The standard InChI is InChI=1S/C14H15ClN2O3S/c1-9-7-11(4-6-13(9)16)21(18,19)17-14-8-10(20-2)3-5-12(14)15/h3-8,17H,16H2,1-2H3. The van der Waals surface area contributed by atoms with Gasteiger partial charge in [0.25, 0.3) is 10.0 Å². The molecule has 0 aliphatic heterocycles. The second kappa shape index (κ2) is 5.83. The molecule has 21 heavy (non-hydrogen) atoms. The van der Waals surface area contributed by atoms with Crippen molar-refractivity contribution < 1.29 is 13.2 Å². The van der Waals surface area contributed by atoms with E-state index in [-0.39, 0.29) is 15.6 Å². The largest absolute Gasteiger partial charge is 0.497 e. The van der Waals surface area contributed by atoms with Crippen LogP contribution in [-0.2, 0) is 10.0 Å². The molecule has 2 aromatic rings. The molecule has 0 aliphatic carbocycles. The Kier molecular flexibility index (Phi) is 4.29. The summed E-state index contributed by atoms with van der Waals surface area (Å²) < 4.78 is 32.2. The van der Waals surface area contributed by atoms with Crippen LogP contribution in [0.3, 0.4) is 0 Å². The number of aryl methyl sites for hydroxylation is 1. The van der Waals surface area contributed by atoms with Gasteiger partial charge in [-0.05, 0) is 42.8 Å². The van der Waals surface area contributed by atoms with Crippen molar-refractivity contribution in [2.24, 2.45) is 0 Å². The van der Waals surface area contributed by atoms with Gasteiger partial charge in [-0.2, -0.15) is 0 Å². The third-order valence-electron chi connectivity index (χ3n) is 2.97. The molecule has 0 fully saturated rings. The van der Waals surface area contributed by atoms with Gasteiger partial charge in [0.1, 0.15) is 5.75 Å². The molecule has 7 heteroatoms. The van der Waals surface area contributed by atoms with E-state index in [1.165, 1.54) is 25.3 Å². The fourth-order valence-corrected chi connectivity index (χ4v) is 3.10. The average Bonchev–Trinajstić information content (AvgIpc) is 2.44. The minimum absolute atomic E-state index is 0.119. The zero-order chi connectivity index (χ0) is 15.6. The lowest BCUT2D eigenvalue weighted by Gasteiger charge is -2.12. The van der Waals surface area contributed by atoms with Crippen LogP contribution in [0.2, 0.25) is 5.02 Å². The first kappa shape index (κ1) is 15.5. The minimum Gasteiger partial charge on any atom is -0.497 e. The van der Waals surface area contributed by atoms with Crippen molar-refractivity contribution in [3.8, 4) is 5.75 Å². The molecule has 0 unspecified atom stereocenters. The smallest absolute Gasteiger partial charge is 0.261 e. The number of sulfonamides is 1. The van der Waals surface area contributed by atoms with Gasteiger partial charge in [-0.15, -0.1) is 0 Å². The summed E-state index contributed by atoms with van der Waals surface area (Å²) in [6.45, 7) is 1.74. The van der Waals surface area contributed by atoms with E-state index in [2.05, 4.69) is 4.72 Å². The van der Waals surface area contributed by atoms with Crippen molar-refractivity contribution >= 4 is 33.0 Å². The maximum atomic E-state index is 12.4. The van der Waals surface area contributed by atoms with Crippen LogP contribution in [0.25, 0.3) is 0 Å². The van der Waals surface area contributed by atoms with Gasteiger partial charge in [-0.1, -0.05) is 11.6 Å². The van der Waals surface area contributed by atoms with Gasteiger partial charge in [-0.3, -0.25) is 4.72 Å². The Morgan fingerprint density at radius 2 is 1.90 bits per heavy atom. The molecule has 2 aromatic carbocycles. The van der Waals surface area contributed by atoms with Crippen molar-refractivity contribution in [3.05, 3.63) is 47.0 Å². The molecule has 3 N–H and O–H groups in total. The van der Waals surface area contributed by atoms with E-state index in [1.54, 1.807) is 25.1 Å². The van der Waals surface area contributed by atoms with Crippen LogP contribution in [0.5, 0.6) is 5.75 Å². The maximum absolute atomic E-state index is 12.4. The monoisotopic (exact) mass is 326 g/mol. The number of ether oxygens (including phenoxy) is 1. The Balaban J connectivity index is 2.39. The first-order chi connectivity index (χ1) is 9.83. The lowest BCUT2D eigenvalue weighted by molar-refractivity contribution is 0.415. The molecule has 5 nitrogen and oxygen atoms in total. The van der Waals surface area contributed by atoms with E-state index in [0.717, 1.165) is 0 Å². The van der Waals surface area contributed by atoms with Crippen LogP contribution >= 0.6 is 11.6 Å². The molecule has 112 valence electrons. The fraction of sp³-hybridized carbons (Fsp3) is 0.143. The van der Waals surface area contributed by atoms with Crippen molar-refractivity contribution in [3.63, 3.8) is 0 Å². The summed E-state index contributed by atoms with van der Waals surface area (Å²) in [6.07, 6.45) is 0. The topological polar surface area (TPSA) is 81.4 Å². The fourth-order valence-electron chi connectivity index (χ4n) is 1.73. The van der Waals surface area contributed by atoms with Crippen molar-refractivity contribution in [1.29, 1.82) is 0 Å². The highest BCUT2D eigenvalue weighted by Gasteiger charge is 2.17. The SMILES string of the molecule is COc1ccc(Cl)c(NS(=O)(=O)c2ccc(N)c(C)c2)c1. The van der Waals surface area contributed by atoms with Gasteiger partial charge >= 0.3 is 0 Å². The van der Waals surface area contributed by atoms with E-state index in [0.29, 0.717) is 17.0 Å². The zero-order valence-corrected chi connectivity index (χ0v) is 13.1. The molecule has 0 aliphatic rings. The van der Waals surface area contributed by atoms with E-state index >= 15 is 0 Å². The van der Waals surface area contributed by atoms with Gasteiger partial charge in [0, 0.05) is 11.8 Å². The molecular formula is C14H15ClN2O3S. The van der Waals surface area contributed by atoms with E-state index < -0.39 is 10.0 Å². The second-order valence-electron chi connectivity index (χ2n) is 4.47. The Morgan fingerprint density at radius 3 is 2.52 bits per heavy atom. The molecule has 0 aromatic heterocycles. The van der Waals surface area contributed by atoms with Crippen LogP contribution in [0.1, 0.15) is 5.56 Å². The minimum atomic E-state index is -3.75. The van der Waals surface area contributed by atoms with Crippen LogP contribution in [0, 0.1) is 6.92 Å². The summed E-state index contributed by atoms with van der Waals surface area (Å²) in [5.41, 5.74) is 7.17. The van der Waals surface area contributed by atoms with Crippen molar-refractivity contribution in [1.82, 2.24) is 0 Å². The highest BCUT2D eigenvalue weighted by molar-refractivity contribution is 7.92. The zero-order valence-electron chi connectivity index (χ0n) is 11.6. The molecule has 0 spiro atoms. The van der Waals surface area contributed by atoms with Crippen molar-refractivity contribution in [2.75, 3.05) is 17.6 Å². The summed E-state index contributed by atoms with van der Waals surface area (Å²) >= 11 is 6.00. The number of rotatable bonds is 4. The summed E-state index contributed by atoms with van der Waals surface area (Å²) in [5.74, 6) is 0.505. The number of benzene rings is 2. The second-order valence-corrected chi connectivity index (χ2v) is 6.56. The number of hydrogen-bond acceptors (Lipinski definition) is 4. The summed E-state index contributed by atoms with van der Waals surface area (Å²) in [6, 6.07) is 9.23. The maximum Gasteiger partial charge on any atom is 0.261 e. The highest BCUT2D eigenvalue weighted by atomic mass is 35.5. The molecule has 0 atom stereocenters.